The lowest BCUT2D eigenvalue weighted by molar-refractivity contribution is 0.113. The number of hydrogen-bond acceptors (Lipinski definition) is 4. The molecule has 4 heteroatoms. The minimum atomic E-state index is 0.0220. The molecule has 0 saturated carbocycles. The third-order valence-corrected chi connectivity index (χ3v) is 4.21. The van der Waals surface area contributed by atoms with Crippen molar-refractivity contribution < 1.29 is 4.74 Å². The molecule has 0 aliphatic carbocycles. The van der Waals surface area contributed by atoms with Gasteiger partial charge in [0.05, 0.1) is 18.3 Å². The van der Waals surface area contributed by atoms with E-state index in [0.29, 0.717) is 0 Å². The van der Waals surface area contributed by atoms with Crippen LogP contribution in [0.25, 0.3) is 0 Å². The van der Waals surface area contributed by atoms with Crippen molar-refractivity contribution in [2.75, 3.05) is 20.6 Å². The molecule has 0 bridgehead atoms. The molecule has 1 heterocycles. The van der Waals surface area contributed by atoms with Gasteiger partial charge in [0.15, 0.2) is 0 Å². The normalized spacial score (nSPS) is 16.0. The van der Waals surface area contributed by atoms with Gasteiger partial charge in [0.25, 0.3) is 0 Å². The van der Waals surface area contributed by atoms with Crippen LogP contribution < -0.4 is 10.1 Å². The van der Waals surface area contributed by atoms with Crippen molar-refractivity contribution in [1.29, 1.82) is 0 Å². The minimum Gasteiger partial charge on any atom is -0.489 e. The van der Waals surface area contributed by atoms with Crippen molar-refractivity contribution in [2.24, 2.45) is 0 Å². The Kier molecular flexibility index (Phi) is 6.62. The summed E-state index contributed by atoms with van der Waals surface area (Å²) < 4.78 is 5.79. The third-order valence-electron chi connectivity index (χ3n) is 4.21. The molecule has 1 aromatic heterocycles. The topological polar surface area (TPSA) is 37.4 Å². The van der Waals surface area contributed by atoms with Gasteiger partial charge in [-0.2, -0.15) is 0 Å². The number of aromatic nitrogens is 1. The van der Waals surface area contributed by atoms with Gasteiger partial charge >= 0.3 is 0 Å². The SMILES string of the molecule is CCNC(c1cncc(OC(C)C)c1)C(C)(CC)N(C)C. The summed E-state index contributed by atoms with van der Waals surface area (Å²) >= 11 is 0. The number of hydrogen-bond donors (Lipinski definition) is 1. The number of likely N-dealkylation sites (N-methyl/N-ethyl adjacent to an activating group) is 2. The highest BCUT2D eigenvalue weighted by atomic mass is 16.5. The fourth-order valence-corrected chi connectivity index (χ4v) is 2.61. The van der Waals surface area contributed by atoms with E-state index in [9.17, 15) is 0 Å². The van der Waals surface area contributed by atoms with E-state index in [1.165, 1.54) is 5.56 Å². The Hall–Kier alpha value is -1.13. The van der Waals surface area contributed by atoms with Gasteiger partial charge in [-0.1, -0.05) is 13.8 Å². The van der Waals surface area contributed by atoms with Crippen LogP contribution in [-0.2, 0) is 0 Å². The number of nitrogens with one attached hydrogen (secondary N) is 1. The van der Waals surface area contributed by atoms with E-state index in [2.05, 4.69) is 56.1 Å². The first kappa shape index (κ1) is 17.9. The van der Waals surface area contributed by atoms with Gasteiger partial charge in [0.1, 0.15) is 5.75 Å². The molecule has 0 saturated heterocycles. The van der Waals surface area contributed by atoms with Gasteiger partial charge < -0.3 is 15.0 Å². The van der Waals surface area contributed by atoms with E-state index >= 15 is 0 Å². The molecule has 2 atom stereocenters. The average molecular weight is 293 g/mol. The quantitative estimate of drug-likeness (QED) is 0.798. The lowest BCUT2D eigenvalue weighted by atomic mass is 9.84. The summed E-state index contributed by atoms with van der Waals surface area (Å²) in [5, 5.41) is 3.62. The molecule has 1 rings (SSSR count). The molecular weight excluding hydrogens is 262 g/mol. The van der Waals surface area contributed by atoms with E-state index in [1.807, 2.05) is 20.0 Å². The highest BCUT2D eigenvalue weighted by molar-refractivity contribution is 5.28. The van der Waals surface area contributed by atoms with Gasteiger partial charge in [-0.25, -0.2) is 0 Å². The molecule has 1 N–H and O–H groups in total. The van der Waals surface area contributed by atoms with Gasteiger partial charge in [0, 0.05) is 11.7 Å². The molecule has 0 fully saturated rings. The molecule has 2 unspecified atom stereocenters. The van der Waals surface area contributed by atoms with E-state index < -0.39 is 0 Å². The van der Waals surface area contributed by atoms with Gasteiger partial charge in [0.2, 0.25) is 0 Å². The summed E-state index contributed by atoms with van der Waals surface area (Å²) in [7, 11) is 4.27. The van der Waals surface area contributed by atoms with E-state index in [4.69, 9.17) is 4.74 Å². The highest BCUT2D eigenvalue weighted by Crippen LogP contribution is 2.33. The zero-order valence-electron chi connectivity index (χ0n) is 14.6. The molecule has 4 nitrogen and oxygen atoms in total. The number of ether oxygens (including phenoxy) is 1. The van der Waals surface area contributed by atoms with Crippen LogP contribution in [0.1, 0.15) is 52.6 Å². The predicted molar refractivity (Wildman–Crippen MR) is 88.8 cm³/mol. The van der Waals surface area contributed by atoms with Crippen molar-refractivity contribution in [1.82, 2.24) is 15.2 Å². The Morgan fingerprint density at radius 1 is 1.29 bits per heavy atom. The van der Waals surface area contributed by atoms with Crippen molar-refractivity contribution in [3.05, 3.63) is 24.0 Å². The molecule has 120 valence electrons. The van der Waals surface area contributed by atoms with E-state index in [1.54, 1.807) is 6.20 Å². The summed E-state index contributed by atoms with van der Waals surface area (Å²) in [5.74, 6) is 0.836. The number of pyridine rings is 1. The molecule has 0 aromatic carbocycles. The first-order valence-corrected chi connectivity index (χ1v) is 7.87. The van der Waals surface area contributed by atoms with Crippen LogP contribution in [0.15, 0.2) is 18.5 Å². The van der Waals surface area contributed by atoms with Gasteiger partial charge in [-0.15, -0.1) is 0 Å². The molecule has 0 spiro atoms. The summed E-state index contributed by atoms with van der Waals surface area (Å²) in [6, 6.07) is 2.32. The Balaban J connectivity index is 3.16. The van der Waals surface area contributed by atoms with Crippen LogP contribution in [0.4, 0.5) is 0 Å². The second-order valence-electron chi connectivity index (χ2n) is 6.22. The van der Waals surface area contributed by atoms with Crippen molar-refractivity contribution in [2.45, 2.75) is 58.7 Å². The number of rotatable bonds is 8. The maximum atomic E-state index is 5.79. The largest absolute Gasteiger partial charge is 0.489 e. The lowest BCUT2D eigenvalue weighted by Gasteiger charge is -2.43. The van der Waals surface area contributed by atoms with E-state index in [-0.39, 0.29) is 17.7 Å². The van der Waals surface area contributed by atoms with Crippen LogP contribution >= 0.6 is 0 Å². The van der Waals surface area contributed by atoms with Crippen LogP contribution in [0.3, 0.4) is 0 Å². The predicted octanol–water partition coefficient (Wildman–Crippen LogP) is 3.25. The monoisotopic (exact) mass is 293 g/mol. The fourth-order valence-electron chi connectivity index (χ4n) is 2.61. The Bertz CT molecular complexity index is 434. The summed E-state index contributed by atoms with van der Waals surface area (Å²) in [6.07, 6.45) is 4.93. The molecule has 0 aliphatic rings. The zero-order chi connectivity index (χ0) is 16.0. The molecular formula is C17H31N3O. The minimum absolute atomic E-state index is 0.0220. The lowest BCUT2D eigenvalue weighted by Crippen LogP contribution is -2.51. The van der Waals surface area contributed by atoms with Gasteiger partial charge in [-0.05, 0) is 59.5 Å². The molecule has 21 heavy (non-hydrogen) atoms. The Morgan fingerprint density at radius 3 is 2.43 bits per heavy atom. The average Bonchev–Trinajstić information content (AvgIpc) is 2.43. The molecule has 0 radical (unpaired) electrons. The van der Waals surface area contributed by atoms with Crippen LogP contribution in [0.5, 0.6) is 5.75 Å². The zero-order valence-corrected chi connectivity index (χ0v) is 14.6. The highest BCUT2D eigenvalue weighted by Gasteiger charge is 2.35. The summed E-state index contributed by atoms with van der Waals surface area (Å²) in [6.45, 7) is 11.6. The van der Waals surface area contributed by atoms with Gasteiger partial charge in [-0.3, -0.25) is 4.98 Å². The van der Waals surface area contributed by atoms with Crippen LogP contribution in [0, 0.1) is 0 Å². The molecule has 0 aliphatic heterocycles. The maximum absolute atomic E-state index is 5.79. The van der Waals surface area contributed by atoms with Crippen molar-refractivity contribution in [3.63, 3.8) is 0 Å². The maximum Gasteiger partial charge on any atom is 0.138 e. The molecule has 0 amide bonds. The van der Waals surface area contributed by atoms with E-state index in [0.717, 1.165) is 18.7 Å². The number of nitrogens with zero attached hydrogens (tertiary/aromatic N) is 2. The third kappa shape index (κ3) is 4.42. The van der Waals surface area contributed by atoms with Crippen molar-refractivity contribution >= 4 is 0 Å². The molecule has 1 aromatic rings. The fraction of sp³-hybridized carbons (Fsp3) is 0.706. The standard InChI is InChI=1S/C17H31N3O/c1-8-17(5,20(6)7)16(19-9-2)14-10-15(12-18-11-14)21-13(3)4/h10-13,16,19H,8-9H2,1-7H3. The second-order valence-corrected chi connectivity index (χ2v) is 6.22. The Labute approximate surface area is 129 Å². The first-order chi connectivity index (χ1) is 9.85. The first-order valence-electron chi connectivity index (χ1n) is 7.87. The second kappa shape index (κ2) is 7.76. The smallest absolute Gasteiger partial charge is 0.138 e. The summed E-state index contributed by atoms with van der Waals surface area (Å²) in [5.41, 5.74) is 1.20. The van der Waals surface area contributed by atoms with Crippen LogP contribution in [-0.4, -0.2) is 42.2 Å². The van der Waals surface area contributed by atoms with Crippen molar-refractivity contribution in [3.8, 4) is 5.75 Å². The Morgan fingerprint density at radius 2 is 1.95 bits per heavy atom. The van der Waals surface area contributed by atoms with Crippen LogP contribution in [0.2, 0.25) is 0 Å². The summed E-state index contributed by atoms with van der Waals surface area (Å²) in [4.78, 5) is 6.65.